The van der Waals surface area contributed by atoms with E-state index in [1.807, 2.05) is 0 Å². The standard InChI is InChI=1S/C13H15F2N3O3/c14-9-5-6-10(18(20)21)12(11(9)15)17-8-3-1-7(2-4-8)13(16)19/h5-8,17H,1-4H2,(H2,16,19). The Bertz CT molecular complexity index is 572. The molecule has 1 fully saturated rings. The average molecular weight is 299 g/mol. The number of anilines is 1. The number of hydrogen-bond donors (Lipinski definition) is 2. The van der Waals surface area contributed by atoms with Gasteiger partial charge >= 0.3 is 0 Å². The van der Waals surface area contributed by atoms with Gasteiger partial charge in [0.15, 0.2) is 17.3 Å². The van der Waals surface area contributed by atoms with Crippen LogP contribution in [0.25, 0.3) is 0 Å². The molecule has 2 rings (SSSR count). The van der Waals surface area contributed by atoms with Gasteiger partial charge in [-0.25, -0.2) is 8.78 Å². The Morgan fingerprint density at radius 1 is 1.29 bits per heavy atom. The first kappa shape index (κ1) is 15.1. The molecule has 8 heteroatoms. The quantitative estimate of drug-likeness (QED) is 0.658. The highest BCUT2D eigenvalue weighted by Gasteiger charge is 2.28. The maximum absolute atomic E-state index is 13.8. The normalized spacial score (nSPS) is 21.8. The zero-order valence-electron chi connectivity index (χ0n) is 11.1. The fraction of sp³-hybridized carbons (Fsp3) is 0.462. The third-order valence-electron chi connectivity index (χ3n) is 3.75. The van der Waals surface area contributed by atoms with E-state index in [9.17, 15) is 23.7 Å². The largest absolute Gasteiger partial charge is 0.374 e. The third kappa shape index (κ3) is 3.26. The summed E-state index contributed by atoms with van der Waals surface area (Å²) in [6.45, 7) is 0. The molecule has 0 heterocycles. The number of amides is 1. The predicted molar refractivity (Wildman–Crippen MR) is 71.6 cm³/mol. The van der Waals surface area contributed by atoms with Crippen LogP contribution in [0.2, 0.25) is 0 Å². The molecule has 1 aliphatic rings. The lowest BCUT2D eigenvalue weighted by Crippen LogP contribution is -2.32. The van der Waals surface area contributed by atoms with Crippen LogP contribution in [-0.2, 0) is 4.79 Å². The zero-order chi connectivity index (χ0) is 15.6. The average Bonchev–Trinajstić information content (AvgIpc) is 2.44. The molecule has 1 saturated carbocycles. The van der Waals surface area contributed by atoms with Crippen molar-refractivity contribution in [1.29, 1.82) is 0 Å². The van der Waals surface area contributed by atoms with E-state index in [1.165, 1.54) is 0 Å². The van der Waals surface area contributed by atoms with Gasteiger partial charge < -0.3 is 11.1 Å². The Morgan fingerprint density at radius 3 is 2.43 bits per heavy atom. The SMILES string of the molecule is NC(=O)C1CCC(Nc2c([N+](=O)[O-])ccc(F)c2F)CC1. The molecule has 0 aromatic heterocycles. The first-order valence-electron chi connectivity index (χ1n) is 6.58. The second kappa shape index (κ2) is 6.02. The van der Waals surface area contributed by atoms with Crippen molar-refractivity contribution in [3.63, 3.8) is 0 Å². The number of carbonyl (C=O) groups is 1. The molecule has 0 spiro atoms. The molecular formula is C13H15F2N3O3. The number of nitro benzene ring substituents is 1. The van der Waals surface area contributed by atoms with Crippen LogP contribution in [-0.4, -0.2) is 16.9 Å². The van der Waals surface area contributed by atoms with Crippen molar-refractivity contribution < 1.29 is 18.5 Å². The number of rotatable bonds is 4. The van der Waals surface area contributed by atoms with Crippen LogP contribution in [0.3, 0.4) is 0 Å². The van der Waals surface area contributed by atoms with Gasteiger partial charge in [0.25, 0.3) is 5.69 Å². The number of hydrogen-bond acceptors (Lipinski definition) is 4. The highest BCUT2D eigenvalue weighted by molar-refractivity contribution is 5.76. The highest BCUT2D eigenvalue weighted by Crippen LogP contribution is 2.33. The zero-order valence-corrected chi connectivity index (χ0v) is 11.1. The molecule has 1 aromatic carbocycles. The highest BCUT2D eigenvalue weighted by atomic mass is 19.2. The fourth-order valence-electron chi connectivity index (χ4n) is 2.56. The molecule has 0 radical (unpaired) electrons. The van der Waals surface area contributed by atoms with Gasteiger partial charge in [-0.1, -0.05) is 0 Å². The minimum absolute atomic E-state index is 0.226. The minimum atomic E-state index is -1.26. The Labute approximate surface area is 119 Å². The van der Waals surface area contributed by atoms with Gasteiger partial charge in [-0.05, 0) is 31.7 Å². The topological polar surface area (TPSA) is 98.3 Å². The van der Waals surface area contributed by atoms with Crippen molar-refractivity contribution in [3.05, 3.63) is 33.9 Å². The number of primary amides is 1. The summed E-state index contributed by atoms with van der Waals surface area (Å²) >= 11 is 0. The van der Waals surface area contributed by atoms with Crippen LogP contribution in [0.1, 0.15) is 25.7 Å². The van der Waals surface area contributed by atoms with Crippen LogP contribution in [0.15, 0.2) is 12.1 Å². The van der Waals surface area contributed by atoms with E-state index in [0.717, 1.165) is 12.1 Å². The molecule has 3 N–H and O–H groups in total. The van der Waals surface area contributed by atoms with Crippen molar-refractivity contribution >= 4 is 17.3 Å². The Kier molecular flexibility index (Phi) is 4.35. The summed E-state index contributed by atoms with van der Waals surface area (Å²) in [6.07, 6.45) is 2.08. The van der Waals surface area contributed by atoms with Gasteiger partial charge in [0.2, 0.25) is 5.91 Å². The monoisotopic (exact) mass is 299 g/mol. The van der Waals surface area contributed by atoms with Gasteiger partial charge in [-0.2, -0.15) is 0 Å². The maximum atomic E-state index is 13.8. The first-order valence-corrected chi connectivity index (χ1v) is 6.58. The van der Waals surface area contributed by atoms with Crippen molar-refractivity contribution in [2.75, 3.05) is 5.32 Å². The van der Waals surface area contributed by atoms with Crippen LogP contribution < -0.4 is 11.1 Å². The summed E-state index contributed by atoms with van der Waals surface area (Å²) in [5.41, 5.74) is 4.26. The predicted octanol–water partition coefficient (Wildman–Crippen LogP) is 2.33. The lowest BCUT2D eigenvalue weighted by atomic mass is 9.85. The van der Waals surface area contributed by atoms with E-state index in [-0.39, 0.29) is 17.9 Å². The number of nitro groups is 1. The minimum Gasteiger partial charge on any atom is -0.374 e. The smallest absolute Gasteiger partial charge is 0.295 e. The lowest BCUT2D eigenvalue weighted by molar-refractivity contribution is -0.384. The van der Waals surface area contributed by atoms with E-state index in [0.29, 0.717) is 25.7 Å². The molecule has 21 heavy (non-hydrogen) atoms. The molecule has 114 valence electrons. The summed E-state index contributed by atoms with van der Waals surface area (Å²) in [5.74, 6) is -3.01. The molecule has 0 atom stereocenters. The number of nitrogens with two attached hydrogens (primary N) is 1. The number of carbonyl (C=O) groups excluding carboxylic acids is 1. The third-order valence-corrected chi connectivity index (χ3v) is 3.75. The molecular weight excluding hydrogens is 284 g/mol. The van der Waals surface area contributed by atoms with Crippen molar-refractivity contribution in [1.82, 2.24) is 0 Å². The van der Waals surface area contributed by atoms with Crippen molar-refractivity contribution in [2.45, 2.75) is 31.7 Å². The summed E-state index contributed by atoms with van der Waals surface area (Å²) in [4.78, 5) is 21.2. The molecule has 0 bridgehead atoms. The second-order valence-corrected chi connectivity index (χ2v) is 5.11. The van der Waals surface area contributed by atoms with Crippen LogP contribution >= 0.6 is 0 Å². The van der Waals surface area contributed by atoms with Crippen LogP contribution in [0.4, 0.5) is 20.2 Å². The Morgan fingerprint density at radius 2 is 1.90 bits per heavy atom. The van der Waals surface area contributed by atoms with E-state index < -0.39 is 27.9 Å². The number of nitrogens with zero attached hydrogens (tertiary/aromatic N) is 1. The van der Waals surface area contributed by atoms with Crippen LogP contribution in [0, 0.1) is 27.7 Å². The number of benzene rings is 1. The molecule has 0 aliphatic heterocycles. The molecule has 0 saturated heterocycles. The molecule has 1 amide bonds. The van der Waals surface area contributed by atoms with Gasteiger partial charge in [-0.3, -0.25) is 14.9 Å². The van der Waals surface area contributed by atoms with Gasteiger partial charge in [0, 0.05) is 18.0 Å². The summed E-state index contributed by atoms with van der Waals surface area (Å²) < 4.78 is 27.0. The Balaban J connectivity index is 2.15. The maximum Gasteiger partial charge on any atom is 0.295 e. The van der Waals surface area contributed by atoms with Crippen LogP contribution in [0.5, 0.6) is 0 Å². The van der Waals surface area contributed by atoms with E-state index in [4.69, 9.17) is 5.73 Å². The fourth-order valence-corrected chi connectivity index (χ4v) is 2.56. The summed E-state index contributed by atoms with van der Waals surface area (Å²) in [6, 6.07) is 1.40. The van der Waals surface area contributed by atoms with E-state index in [2.05, 4.69) is 5.32 Å². The second-order valence-electron chi connectivity index (χ2n) is 5.11. The van der Waals surface area contributed by atoms with E-state index >= 15 is 0 Å². The molecule has 1 aliphatic carbocycles. The van der Waals surface area contributed by atoms with Crippen molar-refractivity contribution in [2.24, 2.45) is 11.7 Å². The Hall–Kier alpha value is -2.25. The van der Waals surface area contributed by atoms with E-state index in [1.54, 1.807) is 0 Å². The lowest BCUT2D eigenvalue weighted by Gasteiger charge is -2.28. The van der Waals surface area contributed by atoms with Gasteiger partial charge in [0.1, 0.15) is 0 Å². The number of halogens is 2. The molecule has 0 unspecified atom stereocenters. The number of nitrogens with one attached hydrogen (secondary N) is 1. The van der Waals surface area contributed by atoms with Gasteiger partial charge in [-0.15, -0.1) is 0 Å². The molecule has 6 nitrogen and oxygen atoms in total. The summed E-state index contributed by atoms with van der Waals surface area (Å²) in [5, 5.41) is 13.6. The van der Waals surface area contributed by atoms with Gasteiger partial charge in [0.05, 0.1) is 4.92 Å². The van der Waals surface area contributed by atoms with Crippen molar-refractivity contribution in [3.8, 4) is 0 Å². The molecule has 1 aromatic rings. The first-order chi connectivity index (χ1) is 9.90. The summed E-state index contributed by atoms with van der Waals surface area (Å²) in [7, 11) is 0.